The predicted octanol–water partition coefficient (Wildman–Crippen LogP) is 5.29. The van der Waals surface area contributed by atoms with Gasteiger partial charge < -0.3 is 19.2 Å². The lowest BCUT2D eigenvalue weighted by Crippen LogP contribution is -2.44. The smallest absolute Gasteiger partial charge is 0.408 e. The Labute approximate surface area is 168 Å². The molecule has 0 bridgehead atoms. The van der Waals surface area contributed by atoms with E-state index in [1.54, 1.807) is 11.0 Å². The molecule has 1 N–H and O–H groups in total. The number of amides is 2. The largest absolute Gasteiger partial charge is 0.415 e. The normalized spacial score (nSPS) is 12.1. The maximum absolute atomic E-state index is 12.4. The molecule has 1 aromatic carbocycles. The highest BCUT2D eigenvalue weighted by Crippen LogP contribution is 2.41. The van der Waals surface area contributed by atoms with Crippen LogP contribution in [0.5, 0.6) is 5.75 Å². The summed E-state index contributed by atoms with van der Waals surface area (Å²) in [6.07, 6.45) is 1.67. The zero-order chi connectivity index (χ0) is 21.3. The second kappa shape index (κ2) is 7.99. The number of fused-ring (bicyclic) bond motifs is 1. The minimum Gasteiger partial charge on any atom is -0.408 e. The van der Waals surface area contributed by atoms with E-state index < -0.39 is 14.3 Å². The molecule has 0 fully saturated rings. The van der Waals surface area contributed by atoms with Crippen LogP contribution in [0.2, 0.25) is 18.1 Å². The topological polar surface area (TPSA) is 63.6 Å². The van der Waals surface area contributed by atoms with E-state index in [4.69, 9.17) is 4.74 Å². The minimum absolute atomic E-state index is 0.154. The third kappa shape index (κ3) is 4.09. The molecule has 0 aliphatic carbocycles. The maximum atomic E-state index is 12.4. The average molecular weight is 404 g/mol. The van der Waals surface area contributed by atoms with Crippen LogP contribution < -0.4 is 10.1 Å². The number of hydrogen-bond acceptors (Lipinski definition) is 3. The van der Waals surface area contributed by atoms with Gasteiger partial charge in [0.15, 0.2) is 14.0 Å². The minimum atomic E-state index is -1.85. The maximum Gasteiger partial charge on any atom is 0.415 e. The number of anilines is 1. The Bertz CT molecular complexity index is 877. The highest BCUT2D eigenvalue weighted by Gasteiger charge is 2.38. The van der Waals surface area contributed by atoms with Crippen molar-refractivity contribution in [3.05, 3.63) is 24.4 Å². The van der Waals surface area contributed by atoms with Gasteiger partial charge in [-0.05, 0) is 43.3 Å². The first-order valence-corrected chi connectivity index (χ1v) is 12.8. The molecule has 1 aromatic heterocycles. The molecule has 0 aliphatic rings. The Morgan fingerprint density at radius 3 is 2.25 bits per heavy atom. The monoisotopic (exact) mass is 403 g/mol. The molecule has 0 saturated carbocycles. The zero-order valence-electron chi connectivity index (χ0n) is 18.3. The third-order valence-corrected chi connectivity index (χ3v) is 11.1. The van der Waals surface area contributed by atoms with Crippen molar-refractivity contribution < 1.29 is 14.3 Å². The Morgan fingerprint density at radius 2 is 1.75 bits per heavy atom. The summed E-state index contributed by atoms with van der Waals surface area (Å²) >= 11 is 0. The van der Waals surface area contributed by atoms with Crippen molar-refractivity contribution in [1.29, 1.82) is 0 Å². The van der Waals surface area contributed by atoms with Crippen LogP contribution in [-0.4, -0.2) is 42.5 Å². The molecule has 2 aromatic rings. The van der Waals surface area contributed by atoms with Crippen molar-refractivity contribution in [2.75, 3.05) is 18.4 Å². The highest BCUT2D eigenvalue weighted by molar-refractivity contribution is 6.79. The molecule has 0 radical (unpaired) electrons. The summed E-state index contributed by atoms with van der Waals surface area (Å²) in [6.45, 7) is 17.9. The van der Waals surface area contributed by atoms with Crippen LogP contribution in [0, 0.1) is 0 Å². The fraction of sp³-hybridized carbons (Fsp3) is 0.524. The number of rotatable bonds is 5. The molecule has 2 rings (SSSR count). The summed E-state index contributed by atoms with van der Waals surface area (Å²) in [4.78, 5) is 25.9. The molecule has 0 spiro atoms. The first-order chi connectivity index (χ1) is 12.9. The number of nitrogens with one attached hydrogen (secondary N) is 1. The zero-order valence-corrected chi connectivity index (χ0v) is 19.3. The molecular formula is C21H33N3O3Si. The second-order valence-corrected chi connectivity index (χ2v) is 13.7. The summed E-state index contributed by atoms with van der Waals surface area (Å²) in [5.74, 6) is 0.167. The van der Waals surface area contributed by atoms with E-state index in [1.807, 2.05) is 26.0 Å². The Balaban J connectivity index is 2.60. The average Bonchev–Trinajstić information content (AvgIpc) is 3.01. The van der Waals surface area contributed by atoms with Gasteiger partial charge in [-0.3, -0.25) is 4.79 Å². The van der Waals surface area contributed by atoms with Gasteiger partial charge in [0.2, 0.25) is 5.91 Å². The number of benzene rings is 1. The van der Waals surface area contributed by atoms with Gasteiger partial charge in [-0.25, -0.2) is 4.79 Å². The molecule has 0 saturated heterocycles. The van der Waals surface area contributed by atoms with E-state index >= 15 is 0 Å². The summed E-state index contributed by atoms with van der Waals surface area (Å²) in [5.41, 5.74) is 1.58. The van der Waals surface area contributed by atoms with Crippen LogP contribution in [-0.2, 0) is 4.79 Å². The Kier molecular flexibility index (Phi) is 6.28. The fourth-order valence-electron chi connectivity index (χ4n) is 3.08. The van der Waals surface area contributed by atoms with E-state index in [0.717, 1.165) is 10.9 Å². The molecule has 0 unspecified atom stereocenters. The molecule has 154 valence electrons. The van der Waals surface area contributed by atoms with Gasteiger partial charge in [-0.1, -0.05) is 33.9 Å². The number of carbonyl (C=O) groups excluding carboxylic acids is 2. The standard InChI is InChI=1S/C21H33N3O3Si/c1-9-23(10-2)20(26)27-18-12-11-17-16(19(18)22-15(3)25)13-14-24(17)28(7,8)21(4,5)6/h11-14H,9-10H2,1-8H3,(H,22,25). The molecule has 0 atom stereocenters. The predicted molar refractivity (Wildman–Crippen MR) is 118 cm³/mol. The van der Waals surface area contributed by atoms with E-state index in [9.17, 15) is 9.59 Å². The van der Waals surface area contributed by atoms with Crippen LogP contribution in [0.3, 0.4) is 0 Å². The van der Waals surface area contributed by atoms with Gasteiger partial charge in [0.05, 0.1) is 5.69 Å². The number of nitrogens with zero attached hydrogens (tertiary/aromatic N) is 2. The van der Waals surface area contributed by atoms with Crippen molar-refractivity contribution in [3.63, 3.8) is 0 Å². The van der Waals surface area contributed by atoms with Crippen molar-refractivity contribution >= 4 is 36.8 Å². The highest BCUT2D eigenvalue weighted by atomic mass is 28.3. The number of ether oxygens (including phenoxy) is 1. The van der Waals surface area contributed by atoms with E-state index in [2.05, 4.69) is 49.6 Å². The molecule has 2 amide bonds. The molecule has 0 aliphatic heterocycles. The number of carbonyl (C=O) groups is 2. The van der Waals surface area contributed by atoms with Gasteiger partial charge in [0.1, 0.15) is 0 Å². The summed E-state index contributed by atoms with van der Waals surface area (Å²) in [7, 11) is -1.85. The molecule has 6 nitrogen and oxygen atoms in total. The van der Waals surface area contributed by atoms with Crippen LogP contribution >= 0.6 is 0 Å². The van der Waals surface area contributed by atoms with E-state index in [-0.39, 0.29) is 10.9 Å². The second-order valence-electron chi connectivity index (χ2n) is 8.59. The van der Waals surface area contributed by atoms with Crippen LogP contribution in [0.15, 0.2) is 24.4 Å². The first kappa shape index (κ1) is 22.0. The van der Waals surface area contributed by atoms with Crippen molar-refractivity contribution in [2.24, 2.45) is 0 Å². The SMILES string of the molecule is CCN(CC)C(=O)Oc1ccc2c(ccn2[Si](C)(C)C(C)(C)C)c1NC(C)=O. The van der Waals surface area contributed by atoms with Crippen molar-refractivity contribution in [2.45, 2.75) is 59.7 Å². The van der Waals surface area contributed by atoms with Gasteiger partial charge in [-0.2, -0.15) is 0 Å². The summed E-state index contributed by atoms with van der Waals surface area (Å²) < 4.78 is 7.99. The van der Waals surface area contributed by atoms with Crippen LogP contribution in [0.4, 0.5) is 10.5 Å². The lowest BCUT2D eigenvalue weighted by atomic mass is 10.2. The van der Waals surface area contributed by atoms with E-state index in [1.165, 1.54) is 6.92 Å². The fourth-order valence-corrected chi connectivity index (χ4v) is 5.04. The number of aromatic nitrogens is 1. The Morgan fingerprint density at radius 1 is 1.14 bits per heavy atom. The first-order valence-electron chi connectivity index (χ1n) is 9.82. The van der Waals surface area contributed by atoms with Crippen LogP contribution in [0.1, 0.15) is 41.5 Å². The van der Waals surface area contributed by atoms with Gasteiger partial charge in [0.25, 0.3) is 0 Å². The summed E-state index contributed by atoms with van der Waals surface area (Å²) in [5, 5.41) is 3.90. The van der Waals surface area contributed by atoms with Gasteiger partial charge in [0, 0.05) is 30.9 Å². The van der Waals surface area contributed by atoms with Gasteiger partial charge >= 0.3 is 6.09 Å². The van der Waals surface area contributed by atoms with Crippen molar-refractivity contribution in [3.8, 4) is 5.75 Å². The molecule has 1 heterocycles. The lowest BCUT2D eigenvalue weighted by molar-refractivity contribution is -0.114. The van der Waals surface area contributed by atoms with E-state index in [0.29, 0.717) is 24.5 Å². The van der Waals surface area contributed by atoms with Gasteiger partial charge in [-0.15, -0.1) is 0 Å². The number of hydrogen-bond donors (Lipinski definition) is 1. The molecule has 7 heteroatoms. The molecular weight excluding hydrogens is 370 g/mol. The molecule has 28 heavy (non-hydrogen) atoms. The lowest BCUT2D eigenvalue weighted by Gasteiger charge is -2.38. The Hall–Kier alpha value is -2.28. The quantitative estimate of drug-likeness (QED) is 0.690. The van der Waals surface area contributed by atoms with Crippen molar-refractivity contribution in [1.82, 2.24) is 9.13 Å². The third-order valence-electron chi connectivity index (χ3n) is 5.79. The van der Waals surface area contributed by atoms with Crippen LogP contribution in [0.25, 0.3) is 10.9 Å². The summed E-state index contributed by atoms with van der Waals surface area (Å²) in [6, 6.07) is 5.75.